The van der Waals surface area contributed by atoms with Gasteiger partial charge in [-0.3, -0.25) is 0 Å². The van der Waals surface area contributed by atoms with Crippen molar-refractivity contribution >= 4 is 0 Å². The molecule has 0 saturated heterocycles. The molecule has 0 aliphatic rings. The smallest absolute Gasteiger partial charge is 0.234 e. The lowest BCUT2D eigenvalue weighted by atomic mass is 10.0. The van der Waals surface area contributed by atoms with Crippen LogP contribution in [0.4, 0.5) is 0 Å². The van der Waals surface area contributed by atoms with Crippen molar-refractivity contribution in [2.24, 2.45) is 0 Å². The van der Waals surface area contributed by atoms with Gasteiger partial charge in [-0.25, -0.2) is 9.13 Å². The molecule has 0 radical (unpaired) electrons. The minimum atomic E-state index is 1.23. The first-order valence-corrected chi connectivity index (χ1v) is 22.4. The van der Waals surface area contributed by atoms with E-state index in [1.54, 1.807) is 5.82 Å². The summed E-state index contributed by atoms with van der Waals surface area (Å²) >= 11 is 0. The summed E-state index contributed by atoms with van der Waals surface area (Å²) in [6.07, 6.45) is 57.8. The lowest BCUT2D eigenvalue weighted by Crippen LogP contribution is -2.37. The molecule has 0 aromatic carbocycles. The fourth-order valence-electron chi connectivity index (χ4n) is 7.56. The van der Waals surface area contributed by atoms with Crippen LogP contribution in [0.2, 0.25) is 0 Å². The number of unbranched alkanes of at least 4 members (excludes halogenated alkanes) is 33. The highest BCUT2D eigenvalue weighted by Gasteiger charge is 2.16. The van der Waals surface area contributed by atoms with Gasteiger partial charge in [-0.2, -0.15) is 0 Å². The Balaban J connectivity index is 2.22. The maximum Gasteiger partial charge on any atom is 0.256 e. The van der Waals surface area contributed by atoms with Gasteiger partial charge in [-0.15, -0.1) is 0 Å². The predicted octanol–water partition coefficient (Wildman–Crippen LogP) is 15.4. The fraction of sp³-hybridized carbons (Fsp3) is 0.933. The number of nitrogens with zero attached hydrogens (tertiary/aromatic N) is 2. The Morgan fingerprint density at radius 2 is 0.660 bits per heavy atom. The Hall–Kier alpha value is -0.790. The van der Waals surface area contributed by atoms with Crippen molar-refractivity contribution in [3.05, 3.63) is 18.2 Å². The van der Waals surface area contributed by atoms with Gasteiger partial charge < -0.3 is 0 Å². The zero-order valence-electron chi connectivity index (χ0n) is 33.1. The van der Waals surface area contributed by atoms with Crippen molar-refractivity contribution in [2.45, 2.75) is 271 Å². The van der Waals surface area contributed by atoms with E-state index < -0.39 is 0 Å². The zero-order valence-corrected chi connectivity index (χ0v) is 33.1. The van der Waals surface area contributed by atoms with E-state index in [0.29, 0.717) is 0 Å². The van der Waals surface area contributed by atoms with Crippen LogP contribution in [-0.2, 0) is 19.5 Å². The van der Waals surface area contributed by atoms with Gasteiger partial charge in [0.1, 0.15) is 12.4 Å². The highest BCUT2D eigenvalue weighted by molar-refractivity contribution is 4.84. The molecule has 1 aromatic heterocycles. The summed E-state index contributed by atoms with van der Waals surface area (Å²) < 4.78 is 5.29. The van der Waals surface area contributed by atoms with Gasteiger partial charge in [0.25, 0.3) is 5.82 Å². The van der Waals surface area contributed by atoms with E-state index in [0.717, 1.165) is 0 Å². The Morgan fingerprint density at radius 3 is 1.02 bits per heavy atom. The summed E-state index contributed by atoms with van der Waals surface area (Å²) in [6, 6.07) is 0. The molecule has 0 spiro atoms. The number of hydrogen-bond donors (Lipinski definition) is 0. The van der Waals surface area contributed by atoms with E-state index in [2.05, 4.69) is 42.3 Å². The van der Waals surface area contributed by atoms with Crippen molar-refractivity contribution in [1.82, 2.24) is 4.57 Å². The van der Waals surface area contributed by atoms with Gasteiger partial charge in [-0.05, 0) is 32.1 Å². The minimum Gasteiger partial charge on any atom is -0.234 e. The Bertz CT molecular complexity index is 722. The molecule has 1 aromatic rings. The molecule has 0 saturated carbocycles. The van der Waals surface area contributed by atoms with Crippen LogP contribution in [0, 0.1) is 0 Å². The SMILES string of the molecule is CCCCCCCCCCCCCCCCCCCn1cc[n+](CCCCCCCCCCC)c1CCCCCCCCCCCC. The number of rotatable bonds is 39. The predicted molar refractivity (Wildman–Crippen MR) is 212 cm³/mol. The van der Waals surface area contributed by atoms with Crippen LogP contribution < -0.4 is 4.57 Å². The number of aromatic nitrogens is 2. The van der Waals surface area contributed by atoms with Gasteiger partial charge in [0, 0.05) is 6.42 Å². The summed E-state index contributed by atoms with van der Waals surface area (Å²) in [5, 5.41) is 0. The van der Waals surface area contributed by atoms with Crippen molar-refractivity contribution in [2.75, 3.05) is 0 Å². The second kappa shape index (κ2) is 36.5. The van der Waals surface area contributed by atoms with Gasteiger partial charge in [-0.1, -0.05) is 220 Å². The monoisotopic (exact) mass is 658 g/mol. The van der Waals surface area contributed by atoms with Crippen molar-refractivity contribution in [3.8, 4) is 0 Å². The van der Waals surface area contributed by atoms with Crippen LogP contribution in [0.3, 0.4) is 0 Å². The molecular formula is C45H89N2+. The molecule has 278 valence electrons. The molecule has 2 nitrogen and oxygen atoms in total. The third-order valence-electron chi connectivity index (χ3n) is 10.8. The van der Waals surface area contributed by atoms with E-state index in [4.69, 9.17) is 0 Å². The molecule has 2 heteroatoms. The standard InChI is InChI=1S/C45H89N2/c1-4-7-10-13-16-19-21-22-23-24-25-26-27-30-33-36-39-42-47-44-43-46(41-38-35-32-29-18-15-12-9-6-3)45(47)40-37-34-31-28-20-17-14-11-8-5-2/h43-44H,4-42H2,1-3H3/q+1. The largest absolute Gasteiger partial charge is 0.256 e. The van der Waals surface area contributed by atoms with Crippen LogP contribution >= 0.6 is 0 Å². The zero-order chi connectivity index (χ0) is 33.7. The van der Waals surface area contributed by atoms with Gasteiger partial charge in [0.15, 0.2) is 0 Å². The molecule has 0 aliphatic heterocycles. The highest BCUT2D eigenvalue weighted by atomic mass is 15.1. The molecule has 0 aliphatic carbocycles. The lowest BCUT2D eigenvalue weighted by Gasteiger charge is -2.07. The molecule has 0 N–H and O–H groups in total. The molecule has 0 unspecified atom stereocenters. The van der Waals surface area contributed by atoms with Gasteiger partial charge in [0.2, 0.25) is 0 Å². The van der Waals surface area contributed by atoms with Crippen LogP contribution in [0.1, 0.15) is 258 Å². The lowest BCUT2D eigenvalue weighted by molar-refractivity contribution is -0.704. The van der Waals surface area contributed by atoms with E-state index in [1.165, 1.54) is 251 Å². The van der Waals surface area contributed by atoms with E-state index in [1.807, 2.05) is 0 Å². The molecule has 0 bridgehead atoms. The molecule has 0 atom stereocenters. The maximum absolute atomic E-state index is 2.65. The molecule has 1 heterocycles. The second-order valence-corrected chi connectivity index (χ2v) is 15.5. The first-order chi connectivity index (χ1) is 23.3. The third kappa shape index (κ3) is 28.7. The summed E-state index contributed by atoms with van der Waals surface area (Å²) in [6.45, 7) is 9.41. The van der Waals surface area contributed by atoms with Crippen LogP contribution in [0.5, 0.6) is 0 Å². The highest BCUT2D eigenvalue weighted by Crippen LogP contribution is 2.16. The average Bonchev–Trinajstić information content (AvgIpc) is 3.47. The van der Waals surface area contributed by atoms with Crippen LogP contribution in [0.15, 0.2) is 12.4 Å². The van der Waals surface area contributed by atoms with E-state index >= 15 is 0 Å². The molecule has 1 rings (SSSR count). The Labute approximate surface area is 298 Å². The van der Waals surface area contributed by atoms with E-state index in [-0.39, 0.29) is 0 Å². The molecule has 0 amide bonds. The van der Waals surface area contributed by atoms with Gasteiger partial charge >= 0.3 is 0 Å². The number of aryl methyl sites for hydroxylation is 2. The summed E-state index contributed by atoms with van der Waals surface area (Å²) in [4.78, 5) is 0. The average molecular weight is 658 g/mol. The minimum absolute atomic E-state index is 1.23. The molecule has 47 heavy (non-hydrogen) atoms. The van der Waals surface area contributed by atoms with Crippen LogP contribution in [0.25, 0.3) is 0 Å². The number of hydrogen-bond acceptors (Lipinski definition) is 0. The molecular weight excluding hydrogens is 569 g/mol. The van der Waals surface area contributed by atoms with Crippen LogP contribution in [-0.4, -0.2) is 4.57 Å². The second-order valence-electron chi connectivity index (χ2n) is 15.5. The molecule has 0 fully saturated rings. The van der Waals surface area contributed by atoms with Gasteiger partial charge in [0.05, 0.1) is 13.1 Å². The third-order valence-corrected chi connectivity index (χ3v) is 10.8. The first-order valence-electron chi connectivity index (χ1n) is 22.4. The Morgan fingerprint density at radius 1 is 0.362 bits per heavy atom. The van der Waals surface area contributed by atoms with Crippen molar-refractivity contribution in [3.63, 3.8) is 0 Å². The Kier molecular flexibility index (Phi) is 34.3. The fourth-order valence-corrected chi connectivity index (χ4v) is 7.56. The summed E-state index contributed by atoms with van der Waals surface area (Å²) in [5.41, 5.74) is 0. The first kappa shape index (κ1) is 44.2. The normalized spacial score (nSPS) is 11.6. The van der Waals surface area contributed by atoms with E-state index in [9.17, 15) is 0 Å². The topological polar surface area (TPSA) is 8.81 Å². The number of imidazole rings is 1. The quantitative estimate of drug-likeness (QED) is 0.0492. The van der Waals surface area contributed by atoms with Crippen molar-refractivity contribution < 1.29 is 4.57 Å². The summed E-state index contributed by atoms with van der Waals surface area (Å²) in [7, 11) is 0. The summed E-state index contributed by atoms with van der Waals surface area (Å²) in [5.74, 6) is 1.63. The maximum atomic E-state index is 2.65. The van der Waals surface area contributed by atoms with Crippen molar-refractivity contribution in [1.29, 1.82) is 0 Å².